The zero-order valence-electron chi connectivity index (χ0n) is 9.82. The van der Waals surface area contributed by atoms with Crippen molar-refractivity contribution in [3.05, 3.63) is 35.5 Å². The van der Waals surface area contributed by atoms with Gasteiger partial charge in [-0.05, 0) is 37.6 Å². The first-order valence-corrected chi connectivity index (χ1v) is 5.73. The van der Waals surface area contributed by atoms with Gasteiger partial charge in [-0.25, -0.2) is 4.79 Å². The predicted octanol–water partition coefficient (Wildman–Crippen LogP) is 1.85. The Kier molecular flexibility index (Phi) is 3.44. The average Bonchev–Trinajstić information content (AvgIpc) is 2.73. The Bertz CT molecular complexity index is 531. The molecule has 0 saturated carbocycles. The topological polar surface area (TPSA) is 68.1 Å². The molecule has 0 aliphatic carbocycles. The van der Waals surface area contributed by atoms with Crippen LogP contribution in [-0.2, 0) is 11.2 Å². The van der Waals surface area contributed by atoms with E-state index in [4.69, 9.17) is 10.5 Å². The molecule has 0 atom stereocenters. The number of carbonyl (C=O) groups excluding carboxylic acids is 1. The Balaban J connectivity index is 2.35. The maximum absolute atomic E-state index is 11.6. The third-order valence-corrected chi connectivity index (χ3v) is 2.69. The van der Waals surface area contributed by atoms with Gasteiger partial charge in [-0.15, -0.1) is 0 Å². The van der Waals surface area contributed by atoms with Crippen LogP contribution in [0.25, 0.3) is 10.9 Å². The molecule has 0 radical (unpaired) electrons. The first kappa shape index (κ1) is 11.7. The Morgan fingerprint density at radius 1 is 1.47 bits per heavy atom. The Hall–Kier alpha value is -1.81. The van der Waals surface area contributed by atoms with Gasteiger partial charge in [-0.3, -0.25) is 0 Å². The van der Waals surface area contributed by atoms with Crippen LogP contribution in [0, 0.1) is 0 Å². The summed E-state index contributed by atoms with van der Waals surface area (Å²) in [7, 11) is 0. The van der Waals surface area contributed by atoms with Crippen molar-refractivity contribution in [2.75, 3.05) is 13.2 Å². The second-order valence-electron chi connectivity index (χ2n) is 3.83. The molecular formula is C13H16N2O2. The number of esters is 1. The lowest BCUT2D eigenvalue weighted by molar-refractivity contribution is 0.0526. The van der Waals surface area contributed by atoms with Crippen molar-refractivity contribution in [3.8, 4) is 0 Å². The van der Waals surface area contributed by atoms with Crippen molar-refractivity contribution in [2.24, 2.45) is 5.73 Å². The lowest BCUT2D eigenvalue weighted by atomic mass is 10.1. The first-order chi connectivity index (χ1) is 8.26. The number of carbonyl (C=O) groups is 1. The van der Waals surface area contributed by atoms with Crippen molar-refractivity contribution in [2.45, 2.75) is 13.3 Å². The molecule has 17 heavy (non-hydrogen) atoms. The van der Waals surface area contributed by atoms with Gasteiger partial charge < -0.3 is 15.5 Å². The Labute approximate surface area is 99.8 Å². The second-order valence-corrected chi connectivity index (χ2v) is 3.83. The van der Waals surface area contributed by atoms with Gasteiger partial charge in [0.15, 0.2) is 0 Å². The average molecular weight is 232 g/mol. The molecule has 0 aliphatic rings. The molecule has 4 heteroatoms. The third-order valence-electron chi connectivity index (χ3n) is 2.69. The minimum atomic E-state index is -0.288. The highest BCUT2D eigenvalue weighted by molar-refractivity contribution is 5.95. The van der Waals surface area contributed by atoms with E-state index in [0.29, 0.717) is 18.7 Å². The molecule has 1 aromatic heterocycles. The fourth-order valence-electron chi connectivity index (χ4n) is 1.89. The number of rotatable bonds is 4. The monoisotopic (exact) mass is 232 g/mol. The van der Waals surface area contributed by atoms with E-state index in [2.05, 4.69) is 4.98 Å². The van der Waals surface area contributed by atoms with Gasteiger partial charge in [0.25, 0.3) is 0 Å². The van der Waals surface area contributed by atoms with Crippen LogP contribution in [0.1, 0.15) is 22.8 Å². The molecule has 0 fully saturated rings. The summed E-state index contributed by atoms with van der Waals surface area (Å²) < 4.78 is 4.96. The number of ether oxygens (including phenoxy) is 1. The molecule has 4 nitrogen and oxygen atoms in total. The van der Waals surface area contributed by atoms with Crippen molar-refractivity contribution in [1.82, 2.24) is 4.98 Å². The maximum Gasteiger partial charge on any atom is 0.338 e. The van der Waals surface area contributed by atoms with Crippen LogP contribution in [0.2, 0.25) is 0 Å². The van der Waals surface area contributed by atoms with Crippen LogP contribution in [0.15, 0.2) is 24.4 Å². The van der Waals surface area contributed by atoms with Crippen LogP contribution < -0.4 is 5.73 Å². The first-order valence-electron chi connectivity index (χ1n) is 5.73. The number of hydrogen-bond acceptors (Lipinski definition) is 3. The summed E-state index contributed by atoms with van der Waals surface area (Å²) in [5.74, 6) is -0.288. The third kappa shape index (κ3) is 2.31. The van der Waals surface area contributed by atoms with Gasteiger partial charge in [0.1, 0.15) is 0 Å². The van der Waals surface area contributed by atoms with Crippen LogP contribution in [0.4, 0.5) is 0 Å². The van der Waals surface area contributed by atoms with Gasteiger partial charge in [0.2, 0.25) is 0 Å². The van der Waals surface area contributed by atoms with Crippen molar-refractivity contribution in [3.63, 3.8) is 0 Å². The summed E-state index contributed by atoms with van der Waals surface area (Å²) >= 11 is 0. The van der Waals surface area contributed by atoms with Crippen molar-refractivity contribution in [1.29, 1.82) is 0 Å². The van der Waals surface area contributed by atoms with E-state index in [9.17, 15) is 4.79 Å². The Morgan fingerprint density at radius 3 is 3.00 bits per heavy atom. The summed E-state index contributed by atoms with van der Waals surface area (Å²) in [5, 5.41) is 1.11. The maximum atomic E-state index is 11.6. The molecular weight excluding hydrogens is 216 g/mol. The summed E-state index contributed by atoms with van der Waals surface area (Å²) in [6.07, 6.45) is 2.77. The van der Waals surface area contributed by atoms with Gasteiger partial charge >= 0.3 is 5.97 Å². The van der Waals surface area contributed by atoms with E-state index >= 15 is 0 Å². The van der Waals surface area contributed by atoms with Crippen molar-refractivity contribution < 1.29 is 9.53 Å². The molecule has 90 valence electrons. The van der Waals surface area contributed by atoms with Crippen LogP contribution >= 0.6 is 0 Å². The molecule has 1 aromatic carbocycles. The molecule has 0 spiro atoms. The largest absolute Gasteiger partial charge is 0.462 e. The minimum absolute atomic E-state index is 0.288. The van der Waals surface area contributed by atoms with Crippen LogP contribution in [0.3, 0.4) is 0 Å². The zero-order chi connectivity index (χ0) is 12.3. The second kappa shape index (κ2) is 5.01. The summed E-state index contributed by atoms with van der Waals surface area (Å²) in [4.78, 5) is 14.7. The molecule has 1 heterocycles. The minimum Gasteiger partial charge on any atom is -0.462 e. The van der Waals surface area contributed by atoms with E-state index in [0.717, 1.165) is 17.3 Å². The number of benzene rings is 1. The number of H-pyrrole nitrogens is 1. The molecule has 2 rings (SSSR count). The van der Waals surface area contributed by atoms with E-state index in [-0.39, 0.29) is 5.97 Å². The number of nitrogens with two attached hydrogens (primary N) is 1. The fourth-order valence-corrected chi connectivity index (χ4v) is 1.89. The number of nitrogens with one attached hydrogen (secondary N) is 1. The van der Waals surface area contributed by atoms with E-state index in [1.807, 2.05) is 18.3 Å². The molecule has 0 aliphatic heterocycles. The summed E-state index contributed by atoms with van der Waals surface area (Å²) in [6, 6.07) is 5.53. The fraction of sp³-hybridized carbons (Fsp3) is 0.308. The normalized spacial score (nSPS) is 10.7. The van der Waals surface area contributed by atoms with Gasteiger partial charge in [-0.2, -0.15) is 0 Å². The highest BCUT2D eigenvalue weighted by Gasteiger charge is 2.09. The number of hydrogen-bond donors (Lipinski definition) is 2. The van der Waals surface area contributed by atoms with E-state index < -0.39 is 0 Å². The number of aromatic nitrogens is 1. The SMILES string of the molecule is CCOC(=O)c1ccc2c(CCN)c[nH]c2c1. The standard InChI is InChI=1S/C13H16N2O2/c1-2-17-13(16)9-3-4-11-10(5-6-14)8-15-12(11)7-9/h3-4,7-8,15H,2,5-6,14H2,1H3. The van der Waals surface area contributed by atoms with E-state index in [1.165, 1.54) is 5.56 Å². The molecule has 2 aromatic rings. The van der Waals surface area contributed by atoms with Gasteiger partial charge in [0.05, 0.1) is 12.2 Å². The zero-order valence-corrected chi connectivity index (χ0v) is 9.82. The molecule has 0 saturated heterocycles. The lowest BCUT2D eigenvalue weighted by Gasteiger charge is -2.02. The molecule has 3 N–H and O–H groups in total. The molecule has 0 unspecified atom stereocenters. The van der Waals surface area contributed by atoms with Crippen LogP contribution in [0.5, 0.6) is 0 Å². The quantitative estimate of drug-likeness (QED) is 0.790. The molecule has 0 amide bonds. The highest BCUT2D eigenvalue weighted by atomic mass is 16.5. The molecule has 0 bridgehead atoms. The van der Waals surface area contributed by atoms with Gasteiger partial charge in [-0.1, -0.05) is 6.07 Å². The van der Waals surface area contributed by atoms with E-state index in [1.54, 1.807) is 13.0 Å². The highest BCUT2D eigenvalue weighted by Crippen LogP contribution is 2.20. The smallest absolute Gasteiger partial charge is 0.338 e. The number of fused-ring (bicyclic) bond motifs is 1. The predicted molar refractivity (Wildman–Crippen MR) is 67.0 cm³/mol. The van der Waals surface area contributed by atoms with Gasteiger partial charge in [0, 0.05) is 17.1 Å². The summed E-state index contributed by atoms with van der Waals surface area (Å²) in [5.41, 5.74) is 8.23. The lowest BCUT2D eigenvalue weighted by Crippen LogP contribution is -2.04. The summed E-state index contributed by atoms with van der Waals surface area (Å²) in [6.45, 7) is 2.80. The van der Waals surface area contributed by atoms with Crippen LogP contribution in [-0.4, -0.2) is 24.1 Å². The Morgan fingerprint density at radius 2 is 2.29 bits per heavy atom. The van der Waals surface area contributed by atoms with Crippen molar-refractivity contribution >= 4 is 16.9 Å². The number of aromatic amines is 1.